The first-order chi connectivity index (χ1) is 9.70. The molecule has 0 radical (unpaired) electrons. The van der Waals surface area contributed by atoms with E-state index in [0.29, 0.717) is 0 Å². The van der Waals surface area contributed by atoms with E-state index in [-0.39, 0.29) is 0 Å². The van der Waals surface area contributed by atoms with Gasteiger partial charge in [0, 0.05) is 23.8 Å². The minimum absolute atomic E-state index is 0.805. The van der Waals surface area contributed by atoms with E-state index in [1.807, 2.05) is 11.6 Å². The number of hydrogen-bond donors (Lipinski definition) is 1. The van der Waals surface area contributed by atoms with Gasteiger partial charge in [-0.2, -0.15) is 10.1 Å². The van der Waals surface area contributed by atoms with Crippen molar-refractivity contribution in [3.8, 4) is 5.82 Å². The van der Waals surface area contributed by atoms with Gasteiger partial charge in [0.2, 0.25) is 0 Å². The Morgan fingerprint density at radius 1 is 1.35 bits per heavy atom. The van der Waals surface area contributed by atoms with Crippen LogP contribution < -0.4 is 5.32 Å². The van der Waals surface area contributed by atoms with E-state index in [1.165, 1.54) is 5.69 Å². The van der Waals surface area contributed by atoms with Crippen molar-refractivity contribution in [1.82, 2.24) is 24.5 Å². The van der Waals surface area contributed by atoms with Crippen LogP contribution in [0.5, 0.6) is 0 Å². The van der Waals surface area contributed by atoms with Gasteiger partial charge in [0.15, 0.2) is 10.8 Å². The SMILES string of the molecule is CCCNCc1c(-n2nc(C)cc2C)nc2sccn12. The molecular formula is C14H19N5S. The van der Waals surface area contributed by atoms with Crippen LogP contribution in [0.4, 0.5) is 0 Å². The Labute approximate surface area is 122 Å². The lowest BCUT2D eigenvalue weighted by atomic mass is 10.3. The summed E-state index contributed by atoms with van der Waals surface area (Å²) in [5.74, 6) is 0.936. The molecule has 0 spiro atoms. The molecule has 0 aliphatic heterocycles. The number of aryl methyl sites for hydroxylation is 2. The monoisotopic (exact) mass is 289 g/mol. The summed E-state index contributed by atoms with van der Waals surface area (Å²) in [5.41, 5.74) is 3.30. The molecule has 3 rings (SSSR count). The maximum Gasteiger partial charge on any atom is 0.196 e. The summed E-state index contributed by atoms with van der Waals surface area (Å²) in [6.45, 7) is 8.06. The van der Waals surface area contributed by atoms with E-state index < -0.39 is 0 Å². The van der Waals surface area contributed by atoms with Crippen LogP contribution >= 0.6 is 11.3 Å². The quantitative estimate of drug-likeness (QED) is 0.735. The van der Waals surface area contributed by atoms with Gasteiger partial charge in [0.25, 0.3) is 0 Å². The van der Waals surface area contributed by atoms with Gasteiger partial charge in [-0.05, 0) is 32.9 Å². The average molecular weight is 289 g/mol. The number of thiazole rings is 1. The van der Waals surface area contributed by atoms with Gasteiger partial charge in [-0.3, -0.25) is 4.40 Å². The van der Waals surface area contributed by atoms with Crippen LogP contribution in [0.1, 0.15) is 30.4 Å². The summed E-state index contributed by atoms with van der Waals surface area (Å²) in [7, 11) is 0. The highest BCUT2D eigenvalue weighted by molar-refractivity contribution is 7.15. The minimum atomic E-state index is 0.805. The highest BCUT2D eigenvalue weighted by Crippen LogP contribution is 2.21. The minimum Gasteiger partial charge on any atom is -0.311 e. The molecule has 0 unspecified atom stereocenters. The molecule has 0 fully saturated rings. The fourth-order valence-electron chi connectivity index (χ4n) is 2.38. The Kier molecular flexibility index (Phi) is 3.58. The predicted octanol–water partition coefficient (Wildman–Crippen LogP) is 2.70. The molecule has 0 bridgehead atoms. The number of hydrogen-bond acceptors (Lipinski definition) is 4. The van der Waals surface area contributed by atoms with Crippen LogP contribution in [0.3, 0.4) is 0 Å². The predicted molar refractivity (Wildman–Crippen MR) is 81.7 cm³/mol. The summed E-state index contributed by atoms with van der Waals surface area (Å²) in [6, 6.07) is 2.08. The first-order valence-electron chi connectivity index (χ1n) is 6.89. The van der Waals surface area contributed by atoms with Gasteiger partial charge in [-0.15, -0.1) is 11.3 Å². The smallest absolute Gasteiger partial charge is 0.196 e. The molecule has 0 saturated carbocycles. The Morgan fingerprint density at radius 3 is 2.90 bits per heavy atom. The standard InChI is InChI=1S/C14H19N5S/c1-4-5-15-9-12-13(16-14-18(12)6-7-20-14)19-11(3)8-10(2)17-19/h6-8,15H,4-5,9H2,1-3H3. The maximum atomic E-state index is 4.74. The van der Waals surface area contributed by atoms with Crippen LogP contribution in [-0.4, -0.2) is 25.7 Å². The lowest BCUT2D eigenvalue weighted by molar-refractivity contribution is 0.653. The second-order valence-corrected chi connectivity index (χ2v) is 5.83. The molecule has 0 aliphatic rings. The van der Waals surface area contributed by atoms with Gasteiger partial charge >= 0.3 is 0 Å². The van der Waals surface area contributed by atoms with Crippen LogP contribution in [0.25, 0.3) is 10.8 Å². The molecule has 5 nitrogen and oxygen atoms in total. The van der Waals surface area contributed by atoms with Gasteiger partial charge in [0.05, 0.1) is 11.4 Å². The van der Waals surface area contributed by atoms with Crippen molar-refractivity contribution in [3.63, 3.8) is 0 Å². The average Bonchev–Trinajstić information content (AvgIpc) is 3.05. The molecule has 0 aromatic carbocycles. The fourth-order valence-corrected chi connectivity index (χ4v) is 3.11. The van der Waals surface area contributed by atoms with Gasteiger partial charge < -0.3 is 5.32 Å². The molecule has 6 heteroatoms. The third-order valence-electron chi connectivity index (χ3n) is 3.27. The van der Waals surface area contributed by atoms with Crippen LogP contribution in [0.15, 0.2) is 17.6 Å². The fraction of sp³-hybridized carbons (Fsp3) is 0.429. The van der Waals surface area contributed by atoms with Crippen LogP contribution in [0.2, 0.25) is 0 Å². The first-order valence-corrected chi connectivity index (χ1v) is 7.77. The van der Waals surface area contributed by atoms with Crippen molar-refractivity contribution in [2.24, 2.45) is 0 Å². The number of rotatable bonds is 5. The lowest BCUT2D eigenvalue weighted by Crippen LogP contribution is -2.17. The second kappa shape index (κ2) is 5.38. The Hall–Kier alpha value is -1.66. The zero-order valence-electron chi connectivity index (χ0n) is 12.1. The highest BCUT2D eigenvalue weighted by atomic mass is 32.1. The molecule has 20 heavy (non-hydrogen) atoms. The van der Waals surface area contributed by atoms with Crippen LogP contribution in [0, 0.1) is 13.8 Å². The third kappa shape index (κ3) is 2.25. The molecule has 106 valence electrons. The van der Waals surface area contributed by atoms with Crippen molar-refractivity contribution in [2.75, 3.05) is 6.54 Å². The molecule has 3 aromatic rings. The van der Waals surface area contributed by atoms with Crippen molar-refractivity contribution < 1.29 is 0 Å². The van der Waals surface area contributed by atoms with Crippen molar-refractivity contribution >= 4 is 16.3 Å². The molecule has 0 aliphatic carbocycles. The summed E-state index contributed by atoms with van der Waals surface area (Å²) >= 11 is 1.65. The van der Waals surface area contributed by atoms with Gasteiger partial charge in [-0.25, -0.2) is 4.68 Å². The zero-order valence-corrected chi connectivity index (χ0v) is 12.9. The summed E-state index contributed by atoms with van der Waals surface area (Å²) in [5, 5.41) is 10.1. The number of nitrogens with zero attached hydrogens (tertiary/aromatic N) is 4. The van der Waals surface area contributed by atoms with E-state index in [2.05, 4.69) is 46.3 Å². The molecule has 3 aromatic heterocycles. The van der Waals surface area contributed by atoms with Crippen molar-refractivity contribution in [3.05, 3.63) is 34.7 Å². The number of fused-ring (bicyclic) bond motifs is 1. The summed E-state index contributed by atoms with van der Waals surface area (Å²) in [4.78, 5) is 5.75. The topological polar surface area (TPSA) is 47.2 Å². The van der Waals surface area contributed by atoms with Crippen molar-refractivity contribution in [2.45, 2.75) is 33.7 Å². The molecule has 0 atom stereocenters. The number of aromatic nitrogens is 4. The van der Waals surface area contributed by atoms with Gasteiger partial charge in [-0.1, -0.05) is 6.92 Å². The Morgan fingerprint density at radius 2 is 2.20 bits per heavy atom. The third-order valence-corrected chi connectivity index (χ3v) is 4.03. The molecule has 0 saturated heterocycles. The summed E-state index contributed by atoms with van der Waals surface area (Å²) in [6.07, 6.45) is 3.20. The molecule has 0 amide bonds. The molecule has 1 N–H and O–H groups in total. The van der Waals surface area contributed by atoms with E-state index in [0.717, 1.165) is 41.7 Å². The second-order valence-electron chi connectivity index (χ2n) is 4.95. The molecular weight excluding hydrogens is 270 g/mol. The van der Waals surface area contributed by atoms with Gasteiger partial charge in [0.1, 0.15) is 0 Å². The molecule has 3 heterocycles. The lowest BCUT2D eigenvalue weighted by Gasteiger charge is -2.07. The first kappa shape index (κ1) is 13.3. The Bertz CT molecular complexity index is 721. The summed E-state index contributed by atoms with van der Waals surface area (Å²) < 4.78 is 4.09. The number of nitrogens with one attached hydrogen (secondary N) is 1. The van der Waals surface area contributed by atoms with Crippen molar-refractivity contribution in [1.29, 1.82) is 0 Å². The van der Waals surface area contributed by atoms with E-state index >= 15 is 0 Å². The van der Waals surface area contributed by atoms with Crippen LogP contribution in [-0.2, 0) is 6.54 Å². The van der Waals surface area contributed by atoms with E-state index in [1.54, 1.807) is 11.3 Å². The van der Waals surface area contributed by atoms with E-state index in [4.69, 9.17) is 4.98 Å². The largest absolute Gasteiger partial charge is 0.311 e. The maximum absolute atomic E-state index is 4.74. The highest BCUT2D eigenvalue weighted by Gasteiger charge is 2.16. The number of imidazole rings is 1. The zero-order chi connectivity index (χ0) is 14.1. The van der Waals surface area contributed by atoms with E-state index in [9.17, 15) is 0 Å². The Balaban J connectivity index is 2.07. The normalized spacial score (nSPS) is 11.6.